The molecule has 1 aliphatic heterocycles. The van der Waals surface area contributed by atoms with Crippen LogP contribution in [-0.4, -0.2) is 36.8 Å². The first kappa shape index (κ1) is 22.7. The fourth-order valence-corrected chi connectivity index (χ4v) is 3.48. The molecule has 0 radical (unpaired) electrons. The molecule has 1 heterocycles. The zero-order chi connectivity index (χ0) is 23.9. The van der Waals surface area contributed by atoms with E-state index in [1.54, 1.807) is 48.5 Å². The van der Waals surface area contributed by atoms with E-state index in [1.165, 1.54) is 6.07 Å². The Labute approximate surface area is 195 Å². The maximum absolute atomic E-state index is 12.6. The van der Waals surface area contributed by atoms with Crippen LogP contribution in [0, 0.1) is 0 Å². The quantitative estimate of drug-likeness (QED) is 0.396. The smallest absolute Gasteiger partial charge is 0.308 e. The van der Waals surface area contributed by atoms with E-state index in [0.29, 0.717) is 17.0 Å². The van der Waals surface area contributed by atoms with Crippen LogP contribution in [0.5, 0.6) is 5.75 Å². The Kier molecular flexibility index (Phi) is 6.98. The summed E-state index contributed by atoms with van der Waals surface area (Å²) in [7, 11) is 0. The van der Waals surface area contributed by atoms with Crippen molar-refractivity contribution in [3.63, 3.8) is 0 Å². The number of esters is 1. The normalized spacial score (nSPS) is 13.0. The molecule has 2 amide bonds. The minimum atomic E-state index is -0.634. The molecule has 0 bridgehead atoms. The van der Waals surface area contributed by atoms with Crippen LogP contribution in [-0.2, 0) is 14.3 Å². The number of Topliss-reactive ketones (excluding diaryl/α,β-unsaturated/α-hetero) is 1. The average molecular weight is 458 g/mol. The molecule has 34 heavy (non-hydrogen) atoms. The third-order valence-electron chi connectivity index (χ3n) is 5.21. The largest absolute Gasteiger partial charge is 0.482 e. The van der Waals surface area contributed by atoms with Crippen molar-refractivity contribution in [1.29, 1.82) is 0 Å². The van der Waals surface area contributed by atoms with Gasteiger partial charge in [-0.3, -0.25) is 19.2 Å². The first-order valence-electron chi connectivity index (χ1n) is 10.7. The number of carbonyl (C=O) groups excluding carboxylic acids is 4. The zero-order valence-electron chi connectivity index (χ0n) is 18.2. The first-order valence-corrected chi connectivity index (χ1v) is 10.7. The van der Waals surface area contributed by atoms with Crippen molar-refractivity contribution in [2.24, 2.45) is 0 Å². The molecule has 8 nitrogen and oxygen atoms in total. The Morgan fingerprint density at radius 3 is 2.38 bits per heavy atom. The lowest BCUT2D eigenvalue weighted by Crippen LogP contribution is -2.31. The summed E-state index contributed by atoms with van der Waals surface area (Å²) in [5.74, 6) is -1.23. The van der Waals surface area contributed by atoms with Gasteiger partial charge < -0.3 is 20.1 Å². The van der Waals surface area contributed by atoms with E-state index in [9.17, 15) is 19.2 Å². The van der Waals surface area contributed by atoms with Crippen LogP contribution < -0.4 is 15.4 Å². The highest BCUT2D eigenvalue weighted by Gasteiger charge is 2.22. The van der Waals surface area contributed by atoms with Crippen LogP contribution in [0.1, 0.15) is 38.7 Å². The third-order valence-corrected chi connectivity index (χ3v) is 5.21. The predicted octanol–water partition coefficient (Wildman–Crippen LogP) is 3.30. The number of ketones is 1. The molecule has 1 atom stereocenters. The second-order valence-corrected chi connectivity index (χ2v) is 7.64. The van der Waals surface area contributed by atoms with Crippen molar-refractivity contribution >= 4 is 29.3 Å². The van der Waals surface area contributed by atoms with Crippen molar-refractivity contribution in [1.82, 2.24) is 5.32 Å². The Bertz CT molecular complexity index is 1210. The zero-order valence-corrected chi connectivity index (χ0v) is 18.2. The number of carbonyl (C=O) groups is 4. The summed E-state index contributed by atoms with van der Waals surface area (Å²) in [4.78, 5) is 49.2. The van der Waals surface area contributed by atoms with Crippen LogP contribution in [0.2, 0.25) is 0 Å². The van der Waals surface area contributed by atoms with Crippen molar-refractivity contribution in [3.05, 3.63) is 95.6 Å². The Morgan fingerprint density at radius 1 is 0.941 bits per heavy atom. The number of rotatable bonds is 8. The average Bonchev–Trinajstić information content (AvgIpc) is 2.87. The van der Waals surface area contributed by atoms with Crippen molar-refractivity contribution in [3.8, 4) is 5.75 Å². The molecule has 0 spiro atoms. The monoisotopic (exact) mass is 458 g/mol. The summed E-state index contributed by atoms with van der Waals surface area (Å²) in [6.45, 7) is -0.554. The molecular formula is C26H22N2O6. The highest BCUT2D eigenvalue weighted by atomic mass is 16.5. The predicted molar refractivity (Wildman–Crippen MR) is 124 cm³/mol. The second kappa shape index (κ2) is 10.4. The molecule has 4 rings (SSSR count). The Balaban J connectivity index is 1.39. The van der Waals surface area contributed by atoms with E-state index in [4.69, 9.17) is 9.47 Å². The highest BCUT2D eigenvalue weighted by molar-refractivity contribution is 6.01. The summed E-state index contributed by atoms with van der Waals surface area (Å²) in [5.41, 5.74) is 1.87. The van der Waals surface area contributed by atoms with Gasteiger partial charge >= 0.3 is 5.97 Å². The van der Waals surface area contributed by atoms with E-state index >= 15 is 0 Å². The molecule has 3 aromatic carbocycles. The minimum Gasteiger partial charge on any atom is -0.482 e. The molecule has 0 fully saturated rings. The number of hydrogen-bond acceptors (Lipinski definition) is 6. The van der Waals surface area contributed by atoms with Gasteiger partial charge in [0, 0.05) is 11.1 Å². The van der Waals surface area contributed by atoms with E-state index in [2.05, 4.69) is 10.6 Å². The van der Waals surface area contributed by atoms with Gasteiger partial charge in [0.05, 0.1) is 18.2 Å². The number of amides is 2. The summed E-state index contributed by atoms with van der Waals surface area (Å²) in [6.07, 6.45) is -0.149. The number of fused-ring (bicyclic) bond motifs is 1. The van der Waals surface area contributed by atoms with Crippen LogP contribution in [0.25, 0.3) is 0 Å². The second-order valence-electron chi connectivity index (χ2n) is 7.64. The lowest BCUT2D eigenvalue weighted by atomic mass is 10.0. The van der Waals surface area contributed by atoms with E-state index in [0.717, 1.165) is 5.56 Å². The van der Waals surface area contributed by atoms with Crippen molar-refractivity contribution < 1.29 is 28.7 Å². The van der Waals surface area contributed by atoms with Gasteiger partial charge in [0.1, 0.15) is 5.75 Å². The summed E-state index contributed by atoms with van der Waals surface area (Å²) in [6, 6.07) is 21.7. The topological polar surface area (TPSA) is 111 Å². The van der Waals surface area contributed by atoms with E-state index in [1.807, 2.05) is 24.3 Å². The number of benzene rings is 3. The number of ether oxygens (including phenoxy) is 2. The Morgan fingerprint density at radius 2 is 1.65 bits per heavy atom. The lowest BCUT2D eigenvalue weighted by molar-refractivity contribution is -0.143. The summed E-state index contributed by atoms with van der Waals surface area (Å²) < 4.78 is 10.5. The number of nitrogens with one attached hydrogen (secondary N) is 2. The fraction of sp³-hybridized carbons (Fsp3) is 0.154. The lowest BCUT2D eigenvalue weighted by Gasteiger charge is -2.19. The fourth-order valence-electron chi connectivity index (χ4n) is 3.48. The van der Waals surface area contributed by atoms with Crippen LogP contribution in [0.3, 0.4) is 0 Å². The molecule has 8 heteroatoms. The van der Waals surface area contributed by atoms with Crippen LogP contribution in [0.4, 0.5) is 5.69 Å². The maximum atomic E-state index is 12.6. The SMILES string of the molecule is O=C1COc2ccc(C(=O)COC(=O)C[C@@H](NC(=O)c3ccccc3)c3ccccc3)cc2N1. The molecule has 0 aromatic heterocycles. The first-order chi connectivity index (χ1) is 16.5. The molecular weight excluding hydrogens is 436 g/mol. The van der Waals surface area contributed by atoms with Gasteiger partial charge in [-0.2, -0.15) is 0 Å². The third kappa shape index (κ3) is 5.66. The molecule has 0 aliphatic carbocycles. The van der Waals surface area contributed by atoms with Gasteiger partial charge in [-0.25, -0.2) is 0 Å². The van der Waals surface area contributed by atoms with Gasteiger partial charge in [0.25, 0.3) is 11.8 Å². The minimum absolute atomic E-state index is 0.0820. The van der Waals surface area contributed by atoms with Gasteiger partial charge in [0.2, 0.25) is 0 Å². The van der Waals surface area contributed by atoms with Gasteiger partial charge in [-0.05, 0) is 35.9 Å². The molecule has 0 saturated carbocycles. The van der Waals surface area contributed by atoms with Gasteiger partial charge in [-0.1, -0.05) is 48.5 Å². The molecule has 0 unspecified atom stereocenters. The Hall–Kier alpha value is -4.46. The van der Waals surface area contributed by atoms with Crippen molar-refractivity contribution in [2.75, 3.05) is 18.5 Å². The van der Waals surface area contributed by atoms with Gasteiger partial charge in [0.15, 0.2) is 19.0 Å². The van der Waals surface area contributed by atoms with E-state index in [-0.39, 0.29) is 30.4 Å². The van der Waals surface area contributed by atoms with E-state index < -0.39 is 24.4 Å². The standard InChI is InChI=1S/C26H22N2O6/c29-22(19-11-12-23-21(13-19)27-24(30)16-33-23)15-34-25(31)14-20(17-7-3-1-4-8-17)28-26(32)18-9-5-2-6-10-18/h1-13,20H,14-16H2,(H,27,30)(H,28,32)/t20-/m1/s1. The molecule has 3 aromatic rings. The number of anilines is 1. The maximum Gasteiger partial charge on any atom is 0.308 e. The molecule has 1 aliphatic rings. The highest BCUT2D eigenvalue weighted by Crippen LogP contribution is 2.28. The molecule has 172 valence electrons. The molecule has 2 N–H and O–H groups in total. The van der Waals surface area contributed by atoms with Crippen LogP contribution in [0.15, 0.2) is 78.9 Å². The summed E-state index contributed by atoms with van der Waals surface area (Å²) >= 11 is 0. The van der Waals surface area contributed by atoms with Gasteiger partial charge in [-0.15, -0.1) is 0 Å². The number of hydrogen-bond donors (Lipinski definition) is 2. The molecule has 0 saturated heterocycles. The van der Waals surface area contributed by atoms with Crippen molar-refractivity contribution in [2.45, 2.75) is 12.5 Å². The summed E-state index contributed by atoms with van der Waals surface area (Å²) in [5, 5.41) is 5.49. The van der Waals surface area contributed by atoms with Crippen LogP contribution >= 0.6 is 0 Å².